The van der Waals surface area contributed by atoms with Crippen LogP contribution in [-0.4, -0.2) is 67.7 Å². The van der Waals surface area contributed by atoms with E-state index < -0.39 is 12.7 Å². The molecule has 6 nitrogen and oxygen atoms in total. The first-order valence-corrected chi connectivity index (χ1v) is 14.4. The average molecular weight is 587 g/mol. The molecule has 2 N–H and O–H groups in total. The van der Waals surface area contributed by atoms with Gasteiger partial charge in [0.25, 0.3) is 0 Å². The van der Waals surface area contributed by atoms with E-state index in [4.69, 9.17) is 21.1 Å². The van der Waals surface area contributed by atoms with Gasteiger partial charge in [-0.3, -0.25) is 4.90 Å². The lowest BCUT2D eigenvalue weighted by molar-refractivity contribution is -0.200. The van der Waals surface area contributed by atoms with Crippen LogP contribution in [0.25, 0.3) is 10.9 Å². The number of hydrogen-bond donors (Lipinski definition) is 2. The normalized spacial score (nSPS) is 22.0. The average Bonchev–Trinajstić information content (AvgIpc) is 3.23. The molecule has 0 radical (unpaired) electrons. The maximum absolute atomic E-state index is 13.6. The van der Waals surface area contributed by atoms with Crippen molar-refractivity contribution in [2.24, 2.45) is 5.41 Å². The van der Waals surface area contributed by atoms with Gasteiger partial charge in [0.05, 0.1) is 43.8 Å². The lowest BCUT2D eigenvalue weighted by Crippen LogP contribution is -2.68. The first kappa shape index (κ1) is 28.1. The first-order chi connectivity index (χ1) is 19.7. The minimum Gasteiger partial charge on any atom is -0.495 e. The topological polar surface area (TPSA) is 50.7 Å². The van der Waals surface area contributed by atoms with E-state index in [0.29, 0.717) is 39.1 Å². The zero-order valence-electron chi connectivity index (χ0n) is 23.0. The van der Waals surface area contributed by atoms with Gasteiger partial charge in [-0.2, -0.15) is 13.2 Å². The second kappa shape index (κ2) is 11.3. The highest BCUT2D eigenvalue weighted by Gasteiger charge is 2.50. The van der Waals surface area contributed by atoms with E-state index in [1.807, 2.05) is 12.1 Å². The molecule has 3 fully saturated rings. The van der Waals surface area contributed by atoms with Crippen molar-refractivity contribution in [3.05, 3.63) is 53.2 Å². The van der Waals surface area contributed by atoms with Crippen molar-refractivity contribution in [2.45, 2.75) is 50.5 Å². The fraction of sp³-hybridized carbons (Fsp3) is 0.484. The lowest BCUT2D eigenvalue weighted by atomic mass is 9.75. The van der Waals surface area contributed by atoms with Gasteiger partial charge in [-0.25, -0.2) is 0 Å². The molecule has 10 heteroatoms. The molecule has 218 valence electrons. The van der Waals surface area contributed by atoms with Crippen molar-refractivity contribution in [1.82, 2.24) is 9.47 Å². The van der Waals surface area contributed by atoms with Crippen molar-refractivity contribution in [3.63, 3.8) is 0 Å². The van der Waals surface area contributed by atoms with Crippen molar-refractivity contribution < 1.29 is 22.6 Å². The second-order valence-electron chi connectivity index (χ2n) is 11.5. The minimum atomic E-state index is -4.37. The summed E-state index contributed by atoms with van der Waals surface area (Å²) in [6.45, 7) is 3.22. The van der Waals surface area contributed by atoms with E-state index in [2.05, 4.69) is 27.4 Å². The summed E-state index contributed by atoms with van der Waals surface area (Å²) in [6.07, 6.45) is -0.0443. The molecule has 1 aliphatic carbocycles. The number of anilines is 2. The quantitative estimate of drug-likeness (QED) is 0.315. The third-order valence-electron chi connectivity index (χ3n) is 8.50. The monoisotopic (exact) mass is 586 g/mol. The van der Waals surface area contributed by atoms with E-state index in [9.17, 15) is 13.2 Å². The van der Waals surface area contributed by atoms with Gasteiger partial charge in [-0.15, -0.1) is 0 Å². The Hall–Kier alpha value is -3.06. The van der Waals surface area contributed by atoms with Gasteiger partial charge in [0.2, 0.25) is 0 Å². The highest BCUT2D eigenvalue weighted by Crippen LogP contribution is 2.41. The zero-order valence-corrected chi connectivity index (χ0v) is 23.7. The number of rotatable bonds is 7. The summed E-state index contributed by atoms with van der Waals surface area (Å²) in [5, 5.41) is 8.10. The van der Waals surface area contributed by atoms with Gasteiger partial charge < -0.3 is 24.7 Å². The molecule has 3 aromatic rings. The van der Waals surface area contributed by atoms with Crippen LogP contribution < -0.4 is 15.4 Å². The van der Waals surface area contributed by atoms with Crippen LogP contribution in [0.1, 0.15) is 31.4 Å². The molecule has 3 aliphatic rings. The van der Waals surface area contributed by atoms with Crippen molar-refractivity contribution in [1.29, 1.82) is 0 Å². The summed E-state index contributed by atoms with van der Waals surface area (Å²) in [5.74, 6) is 6.50. The second-order valence-corrected chi connectivity index (χ2v) is 12.0. The third-order valence-corrected chi connectivity index (χ3v) is 8.73. The molecule has 2 saturated heterocycles. The summed E-state index contributed by atoms with van der Waals surface area (Å²) in [5.41, 5.74) is 2.83. The Kier molecular flexibility index (Phi) is 7.75. The number of benzene rings is 2. The number of methoxy groups -OCH3 is 1. The van der Waals surface area contributed by atoms with E-state index in [1.165, 1.54) is 4.57 Å². The molecule has 0 unspecified atom stereocenters. The Labute approximate surface area is 243 Å². The summed E-state index contributed by atoms with van der Waals surface area (Å²) >= 11 is 6.02. The Morgan fingerprint density at radius 2 is 1.85 bits per heavy atom. The molecular weight excluding hydrogens is 553 g/mol. The number of nitrogens with one attached hydrogen (secondary N) is 2. The molecule has 2 aromatic carbocycles. The van der Waals surface area contributed by atoms with Crippen molar-refractivity contribution >= 4 is 33.9 Å². The minimum absolute atomic E-state index is 0.227. The Morgan fingerprint density at radius 3 is 2.54 bits per heavy atom. The van der Waals surface area contributed by atoms with Crippen LogP contribution >= 0.6 is 11.6 Å². The molecule has 0 amide bonds. The summed E-state index contributed by atoms with van der Waals surface area (Å²) in [7, 11) is 1.54. The number of ether oxygens (including phenoxy) is 2. The molecule has 1 spiro atoms. The van der Waals surface area contributed by atoms with Crippen LogP contribution in [0.5, 0.6) is 5.75 Å². The molecular formula is C31H34ClF3N4O2. The number of fused-ring (bicyclic) bond motifs is 1. The van der Waals surface area contributed by atoms with Crippen molar-refractivity contribution in [2.75, 3.05) is 50.6 Å². The Balaban J connectivity index is 1.16. The van der Waals surface area contributed by atoms with E-state index >= 15 is 0 Å². The molecule has 2 aliphatic heterocycles. The van der Waals surface area contributed by atoms with Crippen LogP contribution in [0.2, 0.25) is 5.02 Å². The largest absolute Gasteiger partial charge is 0.495 e. The molecule has 3 heterocycles. The van der Waals surface area contributed by atoms with Gasteiger partial charge in [0.15, 0.2) is 0 Å². The number of likely N-dealkylation sites (tertiary alicyclic amines) is 1. The smallest absolute Gasteiger partial charge is 0.406 e. The van der Waals surface area contributed by atoms with Crippen LogP contribution in [-0.2, 0) is 11.3 Å². The van der Waals surface area contributed by atoms with Crippen LogP contribution in [0.4, 0.5) is 24.5 Å². The van der Waals surface area contributed by atoms with Crippen LogP contribution in [0.15, 0.2) is 42.5 Å². The molecule has 1 saturated carbocycles. The lowest BCUT2D eigenvalue weighted by Gasteiger charge is -2.58. The summed E-state index contributed by atoms with van der Waals surface area (Å²) in [6, 6.07) is 13.4. The van der Waals surface area contributed by atoms with E-state index in [1.54, 1.807) is 37.4 Å². The van der Waals surface area contributed by atoms with Crippen LogP contribution in [0, 0.1) is 17.3 Å². The number of hydrogen-bond acceptors (Lipinski definition) is 5. The molecule has 0 atom stereocenters. The predicted octanol–water partition coefficient (Wildman–Crippen LogP) is 6.38. The summed E-state index contributed by atoms with van der Waals surface area (Å²) in [4.78, 5) is 2.60. The van der Waals surface area contributed by atoms with E-state index in [-0.39, 0.29) is 12.6 Å². The molecule has 1 aromatic heterocycles. The molecule has 6 rings (SSSR count). The number of aromatic nitrogens is 1. The van der Waals surface area contributed by atoms with Gasteiger partial charge in [-0.1, -0.05) is 23.6 Å². The standard InChI is InChI=1S/C31H34ClF3N4O2/c1-40-29-14-21(32)7-12-27(29)36-13-3-4-24-15-25-26(5-2-6-28(25)39(24)18-31(33,34)35)37-22-8-10-23(11-9-22)38-16-30(17-38)19-41-20-30/h2,5-7,12,14-15,22-23,36-37H,8-11,13,16-20H2,1H3/t22-,23+. The fourth-order valence-corrected chi connectivity index (χ4v) is 6.56. The highest BCUT2D eigenvalue weighted by atomic mass is 35.5. The van der Waals surface area contributed by atoms with E-state index in [0.717, 1.165) is 63.1 Å². The van der Waals surface area contributed by atoms with Gasteiger partial charge in [0.1, 0.15) is 12.3 Å². The maximum Gasteiger partial charge on any atom is 0.406 e. The highest BCUT2D eigenvalue weighted by molar-refractivity contribution is 6.30. The van der Waals surface area contributed by atoms with Crippen LogP contribution in [0.3, 0.4) is 0 Å². The first-order valence-electron chi connectivity index (χ1n) is 14.1. The third kappa shape index (κ3) is 6.11. The predicted molar refractivity (Wildman–Crippen MR) is 156 cm³/mol. The molecule has 0 bridgehead atoms. The summed E-state index contributed by atoms with van der Waals surface area (Å²) < 4.78 is 52.8. The number of halogens is 4. The molecule has 41 heavy (non-hydrogen) atoms. The number of alkyl halides is 3. The van der Waals surface area contributed by atoms with Crippen molar-refractivity contribution in [3.8, 4) is 17.6 Å². The fourth-order valence-electron chi connectivity index (χ4n) is 6.40. The Morgan fingerprint density at radius 1 is 1.07 bits per heavy atom. The number of nitrogens with zero attached hydrogens (tertiary/aromatic N) is 2. The maximum atomic E-state index is 13.6. The van der Waals surface area contributed by atoms with Gasteiger partial charge >= 0.3 is 6.18 Å². The zero-order chi connectivity index (χ0) is 28.6. The van der Waals surface area contributed by atoms with Gasteiger partial charge in [-0.05, 0) is 61.9 Å². The Bertz CT molecular complexity index is 1460. The van der Waals surface area contributed by atoms with Gasteiger partial charge in [0, 0.05) is 52.8 Å². The SMILES string of the molecule is COc1cc(Cl)ccc1NCC#Cc1cc2c(N[C@H]3CC[C@@H](N4CC5(COC5)C4)CC3)cccc2n1CC(F)(F)F.